The summed E-state index contributed by atoms with van der Waals surface area (Å²) in [6.07, 6.45) is 24.3. The van der Waals surface area contributed by atoms with Crippen molar-refractivity contribution in [2.45, 2.75) is 116 Å². The van der Waals surface area contributed by atoms with E-state index in [0.717, 1.165) is 35.3 Å². The van der Waals surface area contributed by atoms with E-state index >= 15 is 0 Å². The van der Waals surface area contributed by atoms with Crippen LogP contribution in [0.4, 0.5) is 0 Å². The second-order valence-corrected chi connectivity index (χ2v) is 9.76. The van der Waals surface area contributed by atoms with Gasteiger partial charge in [0, 0.05) is 23.1 Å². The van der Waals surface area contributed by atoms with Crippen molar-refractivity contribution in [3.8, 4) is 5.75 Å². The molecule has 4 heteroatoms. The largest absolute Gasteiger partial charge is 0.488 e. The second kappa shape index (κ2) is 18.6. The molecule has 1 aromatic rings. The van der Waals surface area contributed by atoms with Crippen LogP contribution in [0.15, 0.2) is 35.4 Å². The average molecular weight is 489 g/mol. The van der Waals surface area contributed by atoms with Gasteiger partial charge in [-0.3, -0.25) is 4.79 Å². The van der Waals surface area contributed by atoms with Crippen LogP contribution in [0.5, 0.6) is 5.75 Å². The number of carbonyl (C=O) groups is 1. The molecule has 0 amide bonds. The van der Waals surface area contributed by atoms with Crippen LogP contribution in [0.25, 0.3) is 6.08 Å². The van der Waals surface area contributed by atoms with E-state index in [2.05, 4.69) is 6.92 Å². The third-order valence-corrected chi connectivity index (χ3v) is 6.75. The van der Waals surface area contributed by atoms with Crippen molar-refractivity contribution >= 4 is 23.6 Å². The molecule has 0 unspecified atom stereocenters. The van der Waals surface area contributed by atoms with Crippen LogP contribution in [-0.2, 0) is 16.1 Å². The Morgan fingerprint density at radius 1 is 0.882 bits per heavy atom. The highest BCUT2D eigenvalue weighted by molar-refractivity contribution is 6.25. The SMILES string of the molecule is CCCCCCCCCCCCCCCCCC(=O)OCc1ccc2c(c1)C=CC(=CCl)CO2. The van der Waals surface area contributed by atoms with Crippen LogP contribution in [0.1, 0.15) is 121 Å². The predicted octanol–water partition coefficient (Wildman–Crippen LogP) is 9.52. The number of unbranched alkanes of at least 4 members (excludes halogenated alkanes) is 14. The Morgan fingerprint density at radius 2 is 1.47 bits per heavy atom. The van der Waals surface area contributed by atoms with Gasteiger partial charge in [-0.2, -0.15) is 0 Å². The number of fused-ring (bicyclic) bond motifs is 1. The summed E-state index contributed by atoms with van der Waals surface area (Å²) in [5.41, 5.74) is 4.40. The first kappa shape index (κ1) is 28.5. The lowest BCUT2D eigenvalue weighted by atomic mass is 10.0. The molecule has 190 valence electrons. The van der Waals surface area contributed by atoms with E-state index in [1.807, 2.05) is 30.4 Å². The third-order valence-electron chi connectivity index (χ3n) is 6.47. The van der Waals surface area contributed by atoms with E-state index in [1.165, 1.54) is 89.0 Å². The van der Waals surface area contributed by atoms with Gasteiger partial charge in [0.15, 0.2) is 0 Å². The van der Waals surface area contributed by atoms with Gasteiger partial charge in [0.05, 0.1) is 0 Å². The van der Waals surface area contributed by atoms with Gasteiger partial charge in [-0.25, -0.2) is 0 Å². The zero-order valence-corrected chi connectivity index (χ0v) is 22.1. The number of hydrogen-bond acceptors (Lipinski definition) is 3. The highest BCUT2D eigenvalue weighted by Gasteiger charge is 2.09. The van der Waals surface area contributed by atoms with Gasteiger partial charge < -0.3 is 9.47 Å². The summed E-state index contributed by atoms with van der Waals surface area (Å²) in [6.45, 7) is 3.04. The average Bonchev–Trinajstić information content (AvgIpc) is 3.07. The summed E-state index contributed by atoms with van der Waals surface area (Å²) >= 11 is 5.78. The Morgan fingerprint density at radius 3 is 2.06 bits per heavy atom. The molecule has 0 bridgehead atoms. The molecular formula is C30H45ClO3. The second-order valence-electron chi connectivity index (χ2n) is 9.54. The maximum Gasteiger partial charge on any atom is 0.306 e. The summed E-state index contributed by atoms with van der Waals surface area (Å²) in [6, 6.07) is 5.88. The highest BCUT2D eigenvalue weighted by Crippen LogP contribution is 2.26. The van der Waals surface area contributed by atoms with Crippen LogP contribution in [-0.4, -0.2) is 12.6 Å². The summed E-state index contributed by atoms with van der Waals surface area (Å²) < 4.78 is 11.2. The van der Waals surface area contributed by atoms with Gasteiger partial charge in [0.2, 0.25) is 0 Å². The van der Waals surface area contributed by atoms with Crippen molar-refractivity contribution in [2.24, 2.45) is 0 Å². The van der Waals surface area contributed by atoms with Crippen molar-refractivity contribution in [3.63, 3.8) is 0 Å². The molecule has 0 spiro atoms. The smallest absolute Gasteiger partial charge is 0.306 e. The normalized spacial score (nSPS) is 14.0. The molecule has 0 saturated carbocycles. The first-order valence-corrected chi connectivity index (χ1v) is 14.0. The van der Waals surface area contributed by atoms with Crippen molar-refractivity contribution in [1.29, 1.82) is 0 Å². The summed E-state index contributed by atoms with van der Waals surface area (Å²) in [7, 11) is 0. The Kier molecular flexibility index (Phi) is 15.6. The molecule has 0 N–H and O–H groups in total. The lowest BCUT2D eigenvalue weighted by molar-refractivity contribution is -0.145. The van der Waals surface area contributed by atoms with Crippen LogP contribution >= 0.6 is 11.6 Å². The molecule has 3 nitrogen and oxygen atoms in total. The number of halogens is 1. The quantitative estimate of drug-likeness (QED) is 0.152. The minimum atomic E-state index is -0.108. The van der Waals surface area contributed by atoms with Gasteiger partial charge in [0.25, 0.3) is 0 Å². The predicted molar refractivity (Wildman–Crippen MR) is 144 cm³/mol. The first-order chi connectivity index (χ1) is 16.7. The number of carbonyl (C=O) groups excluding carboxylic acids is 1. The van der Waals surface area contributed by atoms with E-state index in [4.69, 9.17) is 21.1 Å². The maximum atomic E-state index is 12.1. The Balaban J connectivity index is 1.44. The van der Waals surface area contributed by atoms with Crippen LogP contribution in [0, 0.1) is 0 Å². The lowest BCUT2D eigenvalue weighted by Gasteiger charge is -2.09. The van der Waals surface area contributed by atoms with Gasteiger partial charge >= 0.3 is 5.97 Å². The van der Waals surface area contributed by atoms with Crippen LogP contribution in [0.3, 0.4) is 0 Å². The van der Waals surface area contributed by atoms with E-state index in [-0.39, 0.29) is 5.97 Å². The van der Waals surface area contributed by atoms with E-state index in [1.54, 1.807) is 0 Å². The highest BCUT2D eigenvalue weighted by atomic mass is 35.5. The van der Waals surface area contributed by atoms with E-state index in [9.17, 15) is 4.79 Å². The zero-order valence-electron chi connectivity index (χ0n) is 21.3. The monoisotopic (exact) mass is 488 g/mol. The van der Waals surface area contributed by atoms with Crippen LogP contribution < -0.4 is 4.74 Å². The molecule has 1 heterocycles. The first-order valence-electron chi connectivity index (χ1n) is 13.6. The van der Waals surface area contributed by atoms with Crippen molar-refractivity contribution in [1.82, 2.24) is 0 Å². The Labute approximate surface area is 212 Å². The summed E-state index contributed by atoms with van der Waals surface area (Å²) in [4.78, 5) is 12.1. The maximum absolute atomic E-state index is 12.1. The van der Waals surface area contributed by atoms with Gasteiger partial charge in [0.1, 0.15) is 19.0 Å². The van der Waals surface area contributed by atoms with Crippen LogP contribution in [0.2, 0.25) is 0 Å². The molecular weight excluding hydrogens is 444 g/mol. The van der Waals surface area contributed by atoms with E-state index in [0.29, 0.717) is 19.6 Å². The molecule has 0 fully saturated rings. The molecule has 2 rings (SSSR count). The molecule has 0 saturated heterocycles. The minimum Gasteiger partial charge on any atom is -0.488 e. The number of esters is 1. The van der Waals surface area contributed by atoms with Crippen molar-refractivity contribution < 1.29 is 14.3 Å². The fourth-order valence-corrected chi connectivity index (χ4v) is 4.44. The van der Waals surface area contributed by atoms with Gasteiger partial charge in [-0.05, 0) is 24.1 Å². The lowest BCUT2D eigenvalue weighted by Crippen LogP contribution is -2.05. The summed E-state index contributed by atoms with van der Waals surface area (Å²) in [5.74, 6) is 0.710. The fraction of sp³-hybridized carbons (Fsp3) is 0.633. The van der Waals surface area contributed by atoms with Crippen molar-refractivity contribution in [3.05, 3.63) is 46.5 Å². The molecule has 0 atom stereocenters. The zero-order chi connectivity index (χ0) is 24.3. The molecule has 34 heavy (non-hydrogen) atoms. The Hall–Kier alpha value is -1.74. The van der Waals surface area contributed by atoms with Gasteiger partial charge in [-0.1, -0.05) is 127 Å². The van der Waals surface area contributed by atoms with E-state index < -0.39 is 0 Å². The topological polar surface area (TPSA) is 35.5 Å². The fourth-order valence-electron chi connectivity index (χ4n) is 4.30. The molecule has 0 aromatic heterocycles. The molecule has 0 radical (unpaired) electrons. The standard InChI is InChI=1S/C30H45ClO3/c1-2-3-4-5-6-7-8-9-10-11-12-13-14-15-16-17-30(32)34-24-26-19-21-29-28(22-26)20-18-27(23-31)25-33-29/h18-23H,2-17,24-25H2,1H3. The number of benzene rings is 1. The third kappa shape index (κ3) is 12.6. The number of hydrogen-bond donors (Lipinski definition) is 0. The van der Waals surface area contributed by atoms with Crippen molar-refractivity contribution in [2.75, 3.05) is 6.61 Å². The molecule has 1 aromatic carbocycles. The summed E-state index contributed by atoms with van der Waals surface area (Å²) in [5, 5.41) is 0. The number of rotatable bonds is 18. The minimum absolute atomic E-state index is 0.108. The molecule has 1 aliphatic rings. The molecule has 0 aliphatic carbocycles. The van der Waals surface area contributed by atoms with Gasteiger partial charge in [-0.15, -0.1) is 0 Å². The molecule has 1 aliphatic heterocycles. The Bertz CT molecular complexity index is 753. The number of ether oxygens (including phenoxy) is 2.